The molecule has 0 atom stereocenters. The van der Waals surface area contributed by atoms with Crippen LogP contribution in [0.25, 0.3) is 0 Å². The Balaban J connectivity index is 2.04. The molecule has 0 spiro atoms. The minimum atomic E-state index is -2.38. The van der Waals surface area contributed by atoms with Gasteiger partial charge in [-0.2, -0.15) is 5.90 Å². The molecule has 3 rings (SSSR count). The first kappa shape index (κ1) is 18.3. The Morgan fingerprint density at radius 3 is 2.08 bits per heavy atom. The zero-order valence-corrected chi connectivity index (χ0v) is 13.5. The summed E-state index contributed by atoms with van der Waals surface area (Å²) in [5.74, 6) is -9.14. The van der Waals surface area contributed by atoms with Crippen molar-refractivity contribution in [1.82, 2.24) is 0 Å². The minimum Gasteiger partial charge on any atom is -0.370 e. The van der Waals surface area contributed by atoms with Gasteiger partial charge in [0.2, 0.25) is 5.82 Å². The largest absolute Gasteiger partial charge is 0.370 e. The predicted octanol–water partition coefficient (Wildman–Crippen LogP) is 3.22. The molecule has 0 aliphatic heterocycles. The highest BCUT2D eigenvalue weighted by Crippen LogP contribution is 2.39. The maximum absolute atomic E-state index is 13.8. The van der Waals surface area contributed by atoms with E-state index in [4.69, 9.17) is 5.90 Å². The molecule has 11 heteroatoms. The van der Waals surface area contributed by atoms with Crippen molar-refractivity contribution < 1.29 is 36.4 Å². The second kappa shape index (κ2) is 6.65. The van der Waals surface area contributed by atoms with E-state index >= 15 is 0 Å². The highest BCUT2D eigenvalue weighted by molar-refractivity contribution is 7.17. The third-order valence-corrected chi connectivity index (χ3v) is 5.10. The van der Waals surface area contributed by atoms with E-state index in [1.54, 1.807) is 0 Å². The van der Waals surface area contributed by atoms with Gasteiger partial charge in [-0.25, -0.2) is 26.7 Å². The normalized spacial score (nSPS) is 12.8. The molecular formula is C15H9F5N2O3S. The lowest BCUT2D eigenvalue weighted by atomic mass is 10.1. The molecule has 0 saturated heterocycles. The third kappa shape index (κ3) is 2.72. The Bertz CT molecular complexity index is 915. The monoisotopic (exact) mass is 392 g/mol. The summed E-state index contributed by atoms with van der Waals surface area (Å²) in [5.41, 5.74) is -1.18. The van der Waals surface area contributed by atoms with Gasteiger partial charge in [-0.05, 0) is 24.8 Å². The molecule has 0 bridgehead atoms. The van der Waals surface area contributed by atoms with Crippen LogP contribution in [-0.4, -0.2) is 11.9 Å². The molecule has 26 heavy (non-hydrogen) atoms. The van der Waals surface area contributed by atoms with E-state index in [0.717, 1.165) is 22.6 Å². The second-order valence-corrected chi connectivity index (χ2v) is 6.47. The molecule has 0 fully saturated rings. The first-order valence-electron chi connectivity index (χ1n) is 7.16. The zero-order valence-electron chi connectivity index (χ0n) is 12.7. The fraction of sp³-hybridized carbons (Fsp3) is 0.200. The van der Waals surface area contributed by atoms with E-state index in [1.165, 1.54) is 0 Å². The van der Waals surface area contributed by atoms with Crippen molar-refractivity contribution in [3.8, 4) is 0 Å². The summed E-state index contributed by atoms with van der Waals surface area (Å²) in [6.07, 6.45) is 1.84. The number of nitrogens with one attached hydrogen (secondary N) is 1. The van der Waals surface area contributed by atoms with Gasteiger partial charge in [0.25, 0.3) is 5.91 Å². The third-order valence-electron chi connectivity index (χ3n) is 3.90. The molecule has 1 aromatic carbocycles. The van der Waals surface area contributed by atoms with E-state index < -0.39 is 46.5 Å². The van der Waals surface area contributed by atoms with Crippen LogP contribution in [0, 0.1) is 29.1 Å². The number of carbonyl (C=O) groups excluding carboxylic acids is 2. The van der Waals surface area contributed by atoms with Crippen molar-refractivity contribution in [2.24, 2.45) is 5.90 Å². The van der Waals surface area contributed by atoms with Gasteiger partial charge in [0.1, 0.15) is 10.6 Å². The van der Waals surface area contributed by atoms with Gasteiger partial charge in [0.15, 0.2) is 23.3 Å². The fourth-order valence-corrected chi connectivity index (χ4v) is 4.01. The molecule has 5 nitrogen and oxygen atoms in total. The first-order chi connectivity index (χ1) is 12.3. The van der Waals surface area contributed by atoms with Crippen molar-refractivity contribution in [2.75, 3.05) is 5.32 Å². The van der Waals surface area contributed by atoms with Gasteiger partial charge in [-0.1, -0.05) is 0 Å². The lowest BCUT2D eigenvalue weighted by molar-refractivity contribution is 0.0504. The summed E-state index contributed by atoms with van der Waals surface area (Å²) < 4.78 is 67.1. The number of halogens is 5. The molecule has 1 heterocycles. The molecule has 0 radical (unpaired) electrons. The van der Waals surface area contributed by atoms with Crippen molar-refractivity contribution in [1.29, 1.82) is 0 Å². The number of rotatable bonds is 3. The summed E-state index contributed by atoms with van der Waals surface area (Å²) in [4.78, 5) is 28.9. The molecule has 0 saturated carbocycles. The fourth-order valence-electron chi connectivity index (χ4n) is 2.74. The first-order valence-corrected chi connectivity index (χ1v) is 7.97. The van der Waals surface area contributed by atoms with Crippen molar-refractivity contribution in [2.45, 2.75) is 19.3 Å². The molecule has 138 valence electrons. The molecule has 1 amide bonds. The van der Waals surface area contributed by atoms with E-state index in [2.05, 4.69) is 4.84 Å². The van der Waals surface area contributed by atoms with Crippen LogP contribution >= 0.6 is 11.3 Å². The van der Waals surface area contributed by atoms with Gasteiger partial charge in [-0.3, -0.25) is 4.79 Å². The zero-order chi connectivity index (χ0) is 19.2. The predicted molar refractivity (Wildman–Crippen MR) is 80.1 cm³/mol. The number of benzene rings is 1. The SMILES string of the molecule is NOC(=O)c1c(NC(=O)c2c(F)c(F)c(F)c(F)c2F)sc2c1CCC2. The lowest BCUT2D eigenvalue weighted by Crippen LogP contribution is -2.21. The van der Waals surface area contributed by atoms with Crippen LogP contribution in [0.1, 0.15) is 37.6 Å². The van der Waals surface area contributed by atoms with Crippen LogP contribution in [0.15, 0.2) is 0 Å². The van der Waals surface area contributed by atoms with Gasteiger partial charge < -0.3 is 10.2 Å². The van der Waals surface area contributed by atoms with Crippen molar-refractivity contribution >= 4 is 28.2 Å². The molecular weight excluding hydrogens is 383 g/mol. The standard InChI is InChI=1S/C15H9F5N2O3S/c16-8-7(9(17)11(19)12(20)10(8)18)13(23)22-14-6(15(24)25-21)4-2-1-3-5(4)26-14/h1-3,21H2,(H,22,23). The summed E-state index contributed by atoms with van der Waals surface area (Å²) in [7, 11) is 0. The van der Waals surface area contributed by atoms with Crippen LogP contribution in [0.4, 0.5) is 27.0 Å². The van der Waals surface area contributed by atoms with Crippen molar-refractivity contribution in [3.63, 3.8) is 0 Å². The second-order valence-electron chi connectivity index (χ2n) is 5.37. The highest BCUT2D eigenvalue weighted by Gasteiger charge is 2.32. The Morgan fingerprint density at radius 1 is 0.923 bits per heavy atom. The van der Waals surface area contributed by atoms with Crippen LogP contribution in [-0.2, 0) is 17.7 Å². The average molecular weight is 392 g/mol. The summed E-state index contributed by atoms with van der Waals surface area (Å²) in [5, 5.41) is 1.87. The van der Waals surface area contributed by atoms with E-state index in [9.17, 15) is 31.5 Å². The quantitative estimate of drug-likeness (QED) is 0.364. The number of nitrogens with two attached hydrogens (primary N) is 1. The number of aryl methyl sites for hydroxylation is 1. The number of thiophene rings is 1. The average Bonchev–Trinajstić information content (AvgIpc) is 3.18. The summed E-state index contributed by atoms with van der Waals surface area (Å²) in [6.45, 7) is 0. The molecule has 1 aliphatic carbocycles. The van der Waals surface area contributed by atoms with Crippen LogP contribution < -0.4 is 11.2 Å². The molecule has 1 aliphatic rings. The number of hydrogen-bond donors (Lipinski definition) is 2. The number of amides is 1. The summed E-state index contributed by atoms with van der Waals surface area (Å²) in [6, 6.07) is 0. The van der Waals surface area contributed by atoms with E-state index in [1.807, 2.05) is 5.32 Å². The Hall–Kier alpha value is -2.53. The molecule has 1 aromatic heterocycles. The number of fused-ring (bicyclic) bond motifs is 1. The summed E-state index contributed by atoms with van der Waals surface area (Å²) >= 11 is 0.944. The molecule has 2 aromatic rings. The van der Waals surface area contributed by atoms with Crippen LogP contribution in [0.3, 0.4) is 0 Å². The van der Waals surface area contributed by atoms with Crippen LogP contribution in [0.2, 0.25) is 0 Å². The topological polar surface area (TPSA) is 81.4 Å². The van der Waals surface area contributed by atoms with Crippen molar-refractivity contribution in [3.05, 3.63) is 50.7 Å². The van der Waals surface area contributed by atoms with Gasteiger partial charge in [0.05, 0.1) is 5.56 Å². The number of hydrogen-bond acceptors (Lipinski definition) is 5. The van der Waals surface area contributed by atoms with Gasteiger partial charge >= 0.3 is 5.97 Å². The van der Waals surface area contributed by atoms with Gasteiger partial charge in [-0.15, -0.1) is 11.3 Å². The Kier molecular flexibility index (Phi) is 4.67. The lowest BCUT2D eigenvalue weighted by Gasteiger charge is -2.09. The highest BCUT2D eigenvalue weighted by atomic mass is 32.1. The van der Waals surface area contributed by atoms with Gasteiger partial charge in [0, 0.05) is 4.88 Å². The Labute approximate surface area is 146 Å². The number of carbonyl (C=O) groups is 2. The molecule has 0 unspecified atom stereocenters. The van der Waals surface area contributed by atoms with E-state index in [0.29, 0.717) is 18.4 Å². The van der Waals surface area contributed by atoms with E-state index in [-0.39, 0.29) is 10.6 Å². The molecule has 3 N–H and O–H groups in total. The Morgan fingerprint density at radius 2 is 1.50 bits per heavy atom. The maximum atomic E-state index is 13.8. The van der Waals surface area contributed by atoms with Crippen LogP contribution in [0.5, 0.6) is 0 Å². The smallest absolute Gasteiger partial charge is 0.359 e. The minimum absolute atomic E-state index is 0.0952. The number of anilines is 1. The maximum Gasteiger partial charge on any atom is 0.359 e.